The number of likely N-dealkylation sites (tertiary alicyclic amines) is 1. The molecule has 4 rings (SSSR count). The van der Waals surface area contributed by atoms with Gasteiger partial charge in [0.1, 0.15) is 5.82 Å². The fraction of sp³-hybridized carbons (Fsp3) is 0.321. The molecule has 1 aromatic carbocycles. The molecule has 0 amide bonds. The average molecular weight is 504 g/mol. The molecule has 0 saturated carbocycles. The van der Waals surface area contributed by atoms with Crippen molar-refractivity contribution in [3.63, 3.8) is 0 Å². The quantitative estimate of drug-likeness (QED) is 0.276. The van der Waals surface area contributed by atoms with Crippen molar-refractivity contribution in [2.24, 2.45) is 4.99 Å². The van der Waals surface area contributed by atoms with Crippen molar-refractivity contribution in [2.45, 2.75) is 37.0 Å². The predicted octanol–water partition coefficient (Wildman–Crippen LogP) is 7.04. The van der Waals surface area contributed by atoms with E-state index in [0.717, 1.165) is 61.5 Å². The molecule has 1 saturated heterocycles. The normalized spacial score (nSPS) is 16.0. The van der Waals surface area contributed by atoms with Gasteiger partial charge in [-0.25, -0.2) is 9.97 Å². The van der Waals surface area contributed by atoms with Crippen LogP contribution in [0.3, 0.4) is 0 Å². The molecule has 0 bridgehead atoms. The number of pyridine rings is 2. The van der Waals surface area contributed by atoms with Crippen molar-refractivity contribution in [1.29, 1.82) is 0 Å². The Labute approximate surface area is 217 Å². The highest BCUT2D eigenvalue weighted by molar-refractivity contribution is 8.21. The fourth-order valence-corrected chi connectivity index (χ4v) is 5.83. The van der Waals surface area contributed by atoms with Crippen LogP contribution in [-0.4, -0.2) is 52.3 Å². The number of aliphatic imine (C=N–C) groups is 1. The molecule has 0 aliphatic carbocycles. The van der Waals surface area contributed by atoms with E-state index in [9.17, 15) is 0 Å². The topological polar surface area (TPSA) is 53.4 Å². The molecule has 35 heavy (non-hydrogen) atoms. The van der Waals surface area contributed by atoms with Crippen molar-refractivity contribution in [3.8, 4) is 0 Å². The van der Waals surface area contributed by atoms with Gasteiger partial charge in [-0.1, -0.05) is 36.5 Å². The summed E-state index contributed by atoms with van der Waals surface area (Å²) in [7, 11) is 4.00. The average Bonchev–Trinajstić information content (AvgIpc) is 2.88. The Hall–Kier alpha value is -2.61. The van der Waals surface area contributed by atoms with Gasteiger partial charge < -0.3 is 10.2 Å². The van der Waals surface area contributed by atoms with E-state index in [-0.39, 0.29) is 0 Å². The Morgan fingerprint density at radius 2 is 1.91 bits per heavy atom. The summed E-state index contributed by atoms with van der Waals surface area (Å²) in [4.78, 5) is 16.9. The Kier molecular flexibility index (Phi) is 8.65. The van der Waals surface area contributed by atoms with Crippen LogP contribution in [0.2, 0.25) is 0 Å². The number of rotatable bonds is 7. The minimum absolute atomic E-state index is 0.632. The first-order valence-electron chi connectivity index (χ1n) is 11.9. The molecule has 5 nitrogen and oxygen atoms in total. The van der Waals surface area contributed by atoms with Crippen LogP contribution < -0.4 is 5.32 Å². The number of piperidine rings is 1. The summed E-state index contributed by atoms with van der Waals surface area (Å²) in [6.07, 6.45) is 8.33. The molecule has 0 atom stereocenters. The summed E-state index contributed by atoms with van der Waals surface area (Å²) < 4.78 is 0. The number of allylic oxidation sites excluding steroid dienone is 1. The van der Waals surface area contributed by atoms with Gasteiger partial charge in [0.05, 0.1) is 10.1 Å². The highest BCUT2D eigenvalue weighted by Gasteiger charge is 2.18. The van der Waals surface area contributed by atoms with E-state index in [0.29, 0.717) is 5.25 Å². The van der Waals surface area contributed by atoms with Crippen molar-refractivity contribution in [1.82, 2.24) is 14.9 Å². The number of hydrogen-bond donors (Lipinski definition) is 1. The van der Waals surface area contributed by atoms with Crippen molar-refractivity contribution in [2.75, 3.05) is 32.5 Å². The molecule has 2 aromatic heterocycles. The summed E-state index contributed by atoms with van der Waals surface area (Å²) in [5, 5.41) is 8.45. The zero-order valence-electron chi connectivity index (χ0n) is 20.9. The summed E-state index contributed by atoms with van der Waals surface area (Å²) in [5.74, 6) is 0.814. The number of fused-ring (bicyclic) bond motifs is 1. The monoisotopic (exact) mass is 503 g/mol. The first-order chi connectivity index (χ1) is 16.9. The maximum absolute atomic E-state index is 4.66. The lowest BCUT2D eigenvalue weighted by Crippen LogP contribution is -2.31. The maximum Gasteiger partial charge on any atom is 0.130 e. The van der Waals surface area contributed by atoms with Crippen LogP contribution in [-0.2, 0) is 0 Å². The highest BCUT2D eigenvalue weighted by Crippen LogP contribution is 2.32. The molecule has 1 aliphatic heterocycles. The largest absolute Gasteiger partial charge is 0.340 e. The summed E-state index contributed by atoms with van der Waals surface area (Å²) in [6.45, 7) is 10.6. The number of anilines is 1. The van der Waals surface area contributed by atoms with E-state index in [4.69, 9.17) is 0 Å². The van der Waals surface area contributed by atoms with E-state index >= 15 is 0 Å². The van der Waals surface area contributed by atoms with Gasteiger partial charge in [-0.2, -0.15) is 0 Å². The van der Waals surface area contributed by atoms with Gasteiger partial charge in [0.25, 0.3) is 0 Å². The van der Waals surface area contributed by atoms with E-state index in [2.05, 4.69) is 81.3 Å². The summed E-state index contributed by atoms with van der Waals surface area (Å²) in [5.41, 5.74) is 3.24. The predicted molar refractivity (Wildman–Crippen MR) is 155 cm³/mol. The van der Waals surface area contributed by atoms with Crippen molar-refractivity contribution in [3.05, 3.63) is 72.6 Å². The Balaban J connectivity index is 1.50. The number of hydrogen-bond acceptors (Lipinski definition) is 7. The molecule has 0 spiro atoms. The Bertz CT molecular complexity index is 1260. The van der Waals surface area contributed by atoms with E-state index < -0.39 is 0 Å². The Morgan fingerprint density at radius 1 is 1.11 bits per heavy atom. The van der Waals surface area contributed by atoms with Crippen LogP contribution in [0.1, 0.15) is 37.8 Å². The number of aromatic nitrogens is 2. The first kappa shape index (κ1) is 25.5. The highest BCUT2D eigenvalue weighted by atomic mass is 32.2. The molecule has 182 valence electrons. The van der Waals surface area contributed by atoms with Crippen LogP contribution in [0.5, 0.6) is 0 Å². The lowest BCUT2D eigenvalue weighted by atomic mass is 10.1. The third-order valence-corrected chi connectivity index (χ3v) is 8.41. The molecule has 0 unspecified atom stereocenters. The number of benzene rings is 1. The van der Waals surface area contributed by atoms with Gasteiger partial charge in [0.2, 0.25) is 0 Å². The van der Waals surface area contributed by atoms with E-state index in [1.54, 1.807) is 18.8 Å². The Morgan fingerprint density at radius 3 is 2.66 bits per heavy atom. The summed E-state index contributed by atoms with van der Waals surface area (Å²) >= 11 is 3.50. The van der Waals surface area contributed by atoms with Crippen LogP contribution in [0, 0.1) is 0 Å². The second-order valence-electron chi connectivity index (χ2n) is 8.73. The third-order valence-electron chi connectivity index (χ3n) is 6.18. The van der Waals surface area contributed by atoms with Crippen molar-refractivity contribution < 1.29 is 0 Å². The fourth-order valence-electron chi connectivity index (χ4n) is 4.03. The molecular weight excluding hydrogens is 470 g/mol. The molecule has 1 fully saturated rings. The third kappa shape index (κ3) is 6.75. The van der Waals surface area contributed by atoms with E-state index in [1.807, 2.05) is 38.0 Å². The molecule has 1 aliphatic rings. The lowest BCUT2D eigenvalue weighted by Gasteiger charge is -2.28. The smallest absolute Gasteiger partial charge is 0.130 e. The molecule has 3 aromatic rings. The molecule has 0 radical (unpaired) electrons. The zero-order valence-corrected chi connectivity index (χ0v) is 22.5. The maximum atomic E-state index is 4.66. The van der Waals surface area contributed by atoms with Crippen LogP contribution in [0.4, 0.5) is 5.82 Å². The standard InChI is InChI=1S/C28H33N5S2/c1-6-26(22-9-12-30-28(17-22)35-25-10-13-33(5)14-11-25)32-27-16-24-15-21(7-8-23(24)18-31-27)19(2)34-20(3)29-4/h6-9,12,15-18,25H,2,10-11,13-14H2,1,3-5H3,(H,31,32)/b26-6+,29-20?. The lowest BCUT2D eigenvalue weighted by molar-refractivity contribution is 0.282. The van der Waals surface area contributed by atoms with Crippen LogP contribution >= 0.6 is 23.5 Å². The van der Waals surface area contributed by atoms with Gasteiger partial charge in [-0.05, 0) is 82.0 Å². The SMILES string of the molecule is C=C(SC(C)=NC)c1ccc2cnc(N/C(=C/C)c3ccnc(SC4CCN(C)CC4)c3)cc2c1. The number of nitrogens with one attached hydrogen (secondary N) is 1. The van der Waals surface area contributed by atoms with E-state index in [1.165, 1.54) is 12.8 Å². The second-order valence-corrected chi connectivity index (χ2v) is 11.3. The van der Waals surface area contributed by atoms with Gasteiger partial charge in [0, 0.05) is 46.2 Å². The molecule has 7 heteroatoms. The van der Waals surface area contributed by atoms with Gasteiger partial charge in [0.15, 0.2) is 0 Å². The minimum Gasteiger partial charge on any atom is -0.340 e. The van der Waals surface area contributed by atoms with Gasteiger partial charge in [-0.3, -0.25) is 4.99 Å². The minimum atomic E-state index is 0.632. The van der Waals surface area contributed by atoms with Crippen LogP contribution in [0.15, 0.2) is 71.5 Å². The number of nitrogens with zero attached hydrogens (tertiary/aromatic N) is 4. The first-order valence-corrected chi connectivity index (χ1v) is 13.6. The summed E-state index contributed by atoms with van der Waals surface area (Å²) in [6, 6.07) is 12.7. The van der Waals surface area contributed by atoms with Crippen LogP contribution in [0.25, 0.3) is 21.4 Å². The van der Waals surface area contributed by atoms with Crippen molar-refractivity contribution >= 4 is 55.8 Å². The zero-order chi connectivity index (χ0) is 24.8. The molecule has 3 heterocycles. The second kappa shape index (κ2) is 11.9. The van der Waals surface area contributed by atoms with Gasteiger partial charge in [-0.15, -0.1) is 11.8 Å². The number of thioether (sulfide) groups is 2. The molecular formula is C28H33N5S2. The van der Waals surface area contributed by atoms with Gasteiger partial charge >= 0.3 is 0 Å². The molecule has 1 N–H and O–H groups in total.